The maximum Gasteiger partial charge on any atom is 0.305 e. The van der Waals surface area contributed by atoms with Crippen LogP contribution in [-0.2, 0) is 19.6 Å². The fourth-order valence-corrected chi connectivity index (χ4v) is 4.47. The summed E-state index contributed by atoms with van der Waals surface area (Å²) in [5.41, 5.74) is 0. The summed E-state index contributed by atoms with van der Waals surface area (Å²) in [5.74, 6) is -0.191. The first kappa shape index (κ1) is 20.5. The standard InChI is InChI=1S/C16H22Cl2N2O4S/c1-2-24-16(21)4-3-7-19-8-10-20(11-9-19)25(22,23)13-5-6-14(17)15(18)12-13/h5-6,12H,2-4,7-11H2,1H3. The van der Waals surface area contributed by atoms with E-state index in [0.29, 0.717) is 50.7 Å². The van der Waals surface area contributed by atoms with E-state index in [1.165, 1.54) is 22.5 Å². The first-order chi connectivity index (χ1) is 11.8. The molecular formula is C16H22Cl2N2O4S. The predicted octanol–water partition coefficient (Wildman–Crippen LogP) is 2.64. The summed E-state index contributed by atoms with van der Waals surface area (Å²) in [6.07, 6.45) is 1.09. The second-order valence-corrected chi connectivity index (χ2v) is 8.48. The Morgan fingerprint density at radius 2 is 1.84 bits per heavy atom. The van der Waals surface area contributed by atoms with E-state index >= 15 is 0 Å². The maximum atomic E-state index is 12.7. The molecule has 0 spiro atoms. The molecule has 1 aliphatic heterocycles. The van der Waals surface area contributed by atoms with Crippen molar-refractivity contribution in [3.63, 3.8) is 0 Å². The lowest BCUT2D eigenvalue weighted by Gasteiger charge is -2.33. The number of sulfonamides is 1. The lowest BCUT2D eigenvalue weighted by Crippen LogP contribution is -2.48. The van der Waals surface area contributed by atoms with Crippen molar-refractivity contribution in [2.75, 3.05) is 39.3 Å². The maximum absolute atomic E-state index is 12.7. The fraction of sp³-hybridized carbons (Fsp3) is 0.562. The van der Waals surface area contributed by atoms with Crippen LogP contribution >= 0.6 is 23.2 Å². The van der Waals surface area contributed by atoms with Crippen molar-refractivity contribution in [1.82, 2.24) is 9.21 Å². The molecule has 1 aliphatic rings. The average Bonchev–Trinajstić information content (AvgIpc) is 2.58. The highest BCUT2D eigenvalue weighted by Crippen LogP contribution is 2.27. The Hall–Kier alpha value is -0.860. The molecule has 1 heterocycles. The Morgan fingerprint density at radius 1 is 1.16 bits per heavy atom. The minimum atomic E-state index is -3.58. The largest absolute Gasteiger partial charge is 0.466 e. The van der Waals surface area contributed by atoms with Crippen LogP contribution < -0.4 is 0 Å². The van der Waals surface area contributed by atoms with Crippen molar-refractivity contribution in [2.24, 2.45) is 0 Å². The summed E-state index contributed by atoms with van der Waals surface area (Å²) in [5, 5.41) is 0.548. The molecule has 0 radical (unpaired) electrons. The molecule has 6 nitrogen and oxygen atoms in total. The van der Waals surface area contributed by atoms with Crippen LogP contribution in [0.1, 0.15) is 19.8 Å². The van der Waals surface area contributed by atoms with Gasteiger partial charge >= 0.3 is 5.97 Å². The molecule has 0 amide bonds. The van der Waals surface area contributed by atoms with Gasteiger partial charge in [0.1, 0.15) is 0 Å². The molecule has 140 valence electrons. The third kappa shape index (κ3) is 5.56. The normalized spacial score (nSPS) is 16.8. The van der Waals surface area contributed by atoms with Crippen molar-refractivity contribution in [2.45, 2.75) is 24.7 Å². The fourth-order valence-electron chi connectivity index (χ4n) is 2.66. The van der Waals surface area contributed by atoms with Crippen LogP contribution in [0, 0.1) is 0 Å². The zero-order valence-corrected chi connectivity index (χ0v) is 16.4. The van der Waals surface area contributed by atoms with E-state index in [1.54, 1.807) is 6.92 Å². The van der Waals surface area contributed by atoms with Crippen LogP contribution in [0.4, 0.5) is 0 Å². The first-order valence-corrected chi connectivity index (χ1v) is 10.4. The summed E-state index contributed by atoms with van der Waals surface area (Å²) in [6.45, 7) is 4.99. The minimum Gasteiger partial charge on any atom is -0.466 e. The van der Waals surface area contributed by atoms with E-state index in [2.05, 4.69) is 4.90 Å². The zero-order chi connectivity index (χ0) is 18.4. The number of benzene rings is 1. The van der Waals surface area contributed by atoms with Crippen LogP contribution in [0.15, 0.2) is 23.1 Å². The van der Waals surface area contributed by atoms with Crippen molar-refractivity contribution in [3.05, 3.63) is 28.2 Å². The van der Waals surface area contributed by atoms with Gasteiger partial charge in [-0.05, 0) is 38.1 Å². The van der Waals surface area contributed by atoms with Gasteiger partial charge in [-0.15, -0.1) is 0 Å². The Labute approximate surface area is 158 Å². The topological polar surface area (TPSA) is 66.9 Å². The van der Waals surface area contributed by atoms with Gasteiger partial charge in [0, 0.05) is 32.6 Å². The summed E-state index contributed by atoms with van der Waals surface area (Å²) < 4.78 is 31.7. The quantitative estimate of drug-likeness (QED) is 0.648. The highest BCUT2D eigenvalue weighted by Gasteiger charge is 2.28. The monoisotopic (exact) mass is 408 g/mol. The van der Waals surface area contributed by atoms with E-state index in [-0.39, 0.29) is 15.9 Å². The molecule has 0 aliphatic carbocycles. The Balaban J connectivity index is 1.86. The first-order valence-electron chi connectivity index (χ1n) is 8.17. The molecule has 0 aromatic heterocycles. The number of piperazine rings is 1. The predicted molar refractivity (Wildman–Crippen MR) is 97.5 cm³/mol. The Morgan fingerprint density at radius 3 is 2.44 bits per heavy atom. The molecule has 0 saturated carbocycles. The van der Waals surface area contributed by atoms with Gasteiger partial charge in [0.15, 0.2) is 0 Å². The summed E-state index contributed by atoms with van der Waals surface area (Å²) in [7, 11) is -3.58. The second-order valence-electron chi connectivity index (χ2n) is 5.73. The molecule has 0 bridgehead atoms. The third-order valence-electron chi connectivity index (χ3n) is 4.02. The molecule has 1 fully saturated rings. The Bertz CT molecular complexity index is 704. The van der Waals surface area contributed by atoms with Gasteiger partial charge in [-0.25, -0.2) is 8.42 Å². The van der Waals surface area contributed by atoms with Gasteiger partial charge in [0.05, 0.1) is 21.5 Å². The number of carbonyl (C=O) groups is 1. The zero-order valence-electron chi connectivity index (χ0n) is 14.1. The number of ether oxygens (including phenoxy) is 1. The molecule has 0 unspecified atom stereocenters. The lowest BCUT2D eigenvalue weighted by atomic mass is 10.2. The molecule has 1 aromatic rings. The van der Waals surface area contributed by atoms with Gasteiger partial charge in [-0.3, -0.25) is 4.79 Å². The smallest absolute Gasteiger partial charge is 0.305 e. The van der Waals surface area contributed by atoms with Crippen LogP contribution in [-0.4, -0.2) is 62.9 Å². The molecule has 2 rings (SSSR count). The van der Waals surface area contributed by atoms with Gasteiger partial charge in [-0.2, -0.15) is 4.31 Å². The molecule has 0 N–H and O–H groups in total. The van der Waals surface area contributed by atoms with Gasteiger partial charge in [0.25, 0.3) is 0 Å². The Kier molecular flexibility index (Phi) is 7.51. The van der Waals surface area contributed by atoms with Crippen LogP contribution in [0.25, 0.3) is 0 Å². The summed E-state index contributed by atoms with van der Waals surface area (Å²) in [4.78, 5) is 13.6. The van der Waals surface area contributed by atoms with E-state index in [0.717, 1.165) is 6.54 Å². The number of hydrogen-bond acceptors (Lipinski definition) is 5. The van der Waals surface area contributed by atoms with Crippen molar-refractivity contribution >= 4 is 39.2 Å². The van der Waals surface area contributed by atoms with E-state index in [9.17, 15) is 13.2 Å². The number of carbonyl (C=O) groups excluding carboxylic acids is 1. The highest BCUT2D eigenvalue weighted by atomic mass is 35.5. The van der Waals surface area contributed by atoms with Crippen molar-refractivity contribution in [1.29, 1.82) is 0 Å². The van der Waals surface area contributed by atoms with Gasteiger partial charge in [-0.1, -0.05) is 23.2 Å². The third-order valence-corrected chi connectivity index (χ3v) is 6.65. The minimum absolute atomic E-state index is 0.151. The number of hydrogen-bond donors (Lipinski definition) is 0. The van der Waals surface area contributed by atoms with Crippen molar-refractivity contribution in [3.8, 4) is 0 Å². The molecule has 0 atom stereocenters. The van der Waals surface area contributed by atoms with Crippen LogP contribution in [0.3, 0.4) is 0 Å². The van der Waals surface area contributed by atoms with Gasteiger partial charge in [0.2, 0.25) is 10.0 Å². The number of esters is 1. The van der Waals surface area contributed by atoms with Crippen LogP contribution in [0.2, 0.25) is 10.0 Å². The number of halogens is 2. The van der Waals surface area contributed by atoms with Gasteiger partial charge < -0.3 is 9.64 Å². The summed E-state index contributed by atoms with van der Waals surface area (Å²) in [6, 6.07) is 4.34. The summed E-state index contributed by atoms with van der Waals surface area (Å²) >= 11 is 11.8. The average molecular weight is 409 g/mol. The SMILES string of the molecule is CCOC(=O)CCCN1CCN(S(=O)(=O)c2ccc(Cl)c(Cl)c2)CC1. The number of rotatable bonds is 7. The van der Waals surface area contributed by atoms with Crippen LogP contribution in [0.5, 0.6) is 0 Å². The van der Waals surface area contributed by atoms with E-state index in [4.69, 9.17) is 27.9 Å². The molecule has 1 aromatic carbocycles. The van der Waals surface area contributed by atoms with E-state index in [1.807, 2.05) is 0 Å². The number of nitrogens with zero attached hydrogens (tertiary/aromatic N) is 2. The molecule has 1 saturated heterocycles. The lowest BCUT2D eigenvalue weighted by molar-refractivity contribution is -0.143. The second kappa shape index (κ2) is 9.19. The van der Waals surface area contributed by atoms with E-state index < -0.39 is 10.0 Å². The molecule has 9 heteroatoms. The van der Waals surface area contributed by atoms with Crippen molar-refractivity contribution < 1.29 is 17.9 Å². The highest BCUT2D eigenvalue weighted by molar-refractivity contribution is 7.89. The molecule has 25 heavy (non-hydrogen) atoms. The molecular weight excluding hydrogens is 387 g/mol.